The summed E-state index contributed by atoms with van der Waals surface area (Å²) in [5, 5.41) is 8.19. The van der Waals surface area contributed by atoms with Gasteiger partial charge in [-0.25, -0.2) is 18.5 Å². The summed E-state index contributed by atoms with van der Waals surface area (Å²) < 4.78 is 28.5. The minimum atomic E-state index is -3.87. The second-order valence-electron chi connectivity index (χ2n) is 4.48. The Kier molecular flexibility index (Phi) is 3.69. The van der Waals surface area contributed by atoms with Gasteiger partial charge in [0.15, 0.2) is 0 Å². The van der Waals surface area contributed by atoms with Gasteiger partial charge < -0.3 is 15.5 Å². The lowest BCUT2D eigenvalue weighted by molar-refractivity contribution is 0.453. The largest absolute Gasteiger partial charge is 0.444 e. The van der Waals surface area contributed by atoms with Gasteiger partial charge in [0.25, 0.3) is 0 Å². The number of anilines is 2. The molecule has 5 N–H and O–H groups in total. The monoisotopic (exact) mass is 296 g/mol. The molecule has 0 radical (unpaired) electrons. The fraction of sp³-hybridized carbons (Fsp3) is 0.250. The van der Waals surface area contributed by atoms with Crippen molar-refractivity contribution in [2.75, 3.05) is 11.1 Å². The summed E-state index contributed by atoms with van der Waals surface area (Å²) in [6.07, 6.45) is 1.59. The topological polar surface area (TPSA) is 124 Å². The van der Waals surface area contributed by atoms with Crippen molar-refractivity contribution < 1.29 is 12.8 Å². The molecule has 1 unspecified atom stereocenters. The van der Waals surface area contributed by atoms with Crippen LogP contribution in [0.4, 0.5) is 11.4 Å². The maximum Gasteiger partial charge on any atom is 0.240 e. The van der Waals surface area contributed by atoms with Crippen LogP contribution < -0.4 is 16.2 Å². The fourth-order valence-electron chi connectivity index (χ4n) is 1.76. The van der Waals surface area contributed by atoms with E-state index in [1.165, 1.54) is 6.07 Å². The van der Waals surface area contributed by atoms with E-state index in [1.807, 2.05) is 0 Å². The Morgan fingerprint density at radius 1 is 1.40 bits per heavy atom. The minimum absolute atomic E-state index is 0.0624. The van der Waals surface area contributed by atoms with Crippen LogP contribution in [0.15, 0.2) is 33.7 Å². The van der Waals surface area contributed by atoms with Gasteiger partial charge in [0, 0.05) is 5.69 Å². The van der Waals surface area contributed by atoms with E-state index in [4.69, 9.17) is 15.3 Å². The molecular formula is C12H16N4O3S. The molecule has 0 aliphatic carbocycles. The molecule has 0 saturated carbocycles. The zero-order valence-electron chi connectivity index (χ0n) is 11.1. The number of nitrogens with one attached hydrogen (secondary N) is 1. The van der Waals surface area contributed by atoms with Crippen molar-refractivity contribution in [1.29, 1.82) is 0 Å². The number of sulfonamides is 1. The molecule has 0 bridgehead atoms. The number of aryl methyl sites for hydroxylation is 1. The van der Waals surface area contributed by atoms with Crippen LogP contribution >= 0.6 is 0 Å². The molecule has 0 amide bonds. The number of hydrogen-bond acceptors (Lipinski definition) is 6. The summed E-state index contributed by atoms with van der Waals surface area (Å²) in [5.41, 5.74) is 6.26. The lowest BCUT2D eigenvalue weighted by atomic mass is 10.2. The molecule has 0 aliphatic rings. The van der Waals surface area contributed by atoms with E-state index in [9.17, 15) is 8.42 Å². The lowest BCUT2D eigenvalue weighted by Crippen LogP contribution is -2.17. The molecule has 1 aromatic heterocycles. The van der Waals surface area contributed by atoms with E-state index in [0.29, 0.717) is 23.0 Å². The standard InChI is InChI=1S/C12H16N4O3S/c1-7-6-15-12(19-7)8(2)16-10-4-3-9(13)5-11(10)20(14,17)18/h3-6,8,16H,13H2,1-2H3,(H2,14,17,18). The zero-order valence-corrected chi connectivity index (χ0v) is 11.9. The maximum atomic E-state index is 11.6. The van der Waals surface area contributed by atoms with Gasteiger partial charge in [-0.2, -0.15) is 0 Å². The average Bonchev–Trinajstić information content (AvgIpc) is 2.77. The predicted molar refractivity (Wildman–Crippen MR) is 75.5 cm³/mol. The zero-order chi connectivity index (χ0) is 14.9. The molecule has 0 saturated heterocycles. The van der Waals surface area contributed by atoms with Gasteiger partial charge in [0.1, 0.15) is 16.7 Å². The first-order valence-electron chi connectivity index (χ1n) is 5.88. The first kappa shape index (κ1) is 14.4. The summed E-state index contributed by atoms with van der Waals surface area (Å²) >= 11 is 0. The second-order valence-corrected chi connectivity index (χ2v) is 6.01. The number of nitrogens with zero attached hydrogens (tertiary/aromatic N) is 1. The Morgan fingerprint density at radius 2 is 2.10 bits per heavy atom. The molecule has 0 spiro atoms. The van der Waals surface area contributed by atoms with Gasteiger partial charge in [-0.05, 0) is 32.0 Å². The molecular weight excluding hydrogens is 280 g/mol. The third-order valence-electron chi connectivity index (χ3n) is 2.69. The number of nitrogens with two attached hydrogens (primary N) is 2. The summed E-state index contributed by atoms with van der Waals surface area (Å²) in [6.45, 7) is 3.58. The highest BCUT2D eigenvalue weighted by Gasteiger charge is 2.18. The Balaban J connectivity index is 2.34. The number of rotatable bonds is 4. The van der Waals surface area contributed by atoms with Crippen LogP contribution in [0.1, 0.15) is 24.6 Å². The Labute approximate surface area is 117 Å². The second kappa shape index (κ2) is 5.14. The molecule has 0 fully saturated rings. The number of oxazole rings is 1. The molecule has 2 rings (SSSR count). The smallest absolute Gasteiger partial charge is 0.240 e. The maximum absolute atomic E-state index is 11.6. The van der Waals surface area contributed by atoms with E-state index < -0.39 is 10.0 Å². The van der Waals surface area contributed by atoms with Gasteiger partial charge in [-0.3, -0.25) is 0 Å². The highest BCUT2D eigenvalue weighted by atomic mass is 32.2. The summed E-state index contributed by atoms with van der Waals surface area (Å²) in [5.74, 6) is 1.14. The van der Waals surface area contributed by atoms with Crippen molar-refractivity contribution in [3.8, 4) is 0 Å². The van der Waals surface area contributed by atoms with Crippen LogP contribution in [0.25, 0.3) is 0 Å². The predicted octanol–water partition coefficient (Wildman–Crippen LogP) is 1.39. The lowest BCUT2D eigenvalue weighted by Gasteiger charge is -2.15. The van der Waals surface area contributed by atoms with Crippen LogP contribution in [-0.2, 0) is 10.0 Å². The number of hydrogen-bond donors (Lipinski definition) is 3. The van der Waals surface area contributed by atoms with Crippen molar-refractivity contribution in [2.45, 2.75) is 24.8 Å². The Bertz CT molecular complexity index is 724. The van der Waals surface area contributed by atoms with Gasteiger partial charge >= 0.3 is 0 Å². The molecule has 1 heterocycles. The van der Waals surface area contributed by atoms with Crippen molar-refractivity contribution in [3.63, 3.8) is 0 Å². The average molecular weight is 296 g/mol. The Hall–Kier alpha value is -2.06. The van der Waals surface area contributed by atoms with Crippen LogP contribution in [-0.4, -0.2) is 13.4 Å². The highest BCUT2D eigenvalue weighted by molar-refractivity contribution is 7.89. The normalized spacial score (nSPS) is 13.2. The van der Waals surface area contributed by atoms with Gasteiger partial charge in [0.2, 0.25) is 15.9 Å². The summed E-state index contributed by atoms with van der Waals surface area (Å²) in [4.78, 5) is 4.02. The van der Waals surface area contributed by atoms with Crippen LogP contribution in [0.3, 0.4) is 0 Å². The molecule has 108 valence electrons. The fourth-order valence-corrected chi connectivity index (χ4v) is 2.49. The molecule has 1 atom stereocenters. The highest BCUT2D eigenvalue weighted by Crippen LogP contribution is 2.26. The number of primary sulfonamides is 1. The van der Waals surface area contributed by atoms with Crippen LogP contribution in [0, 0.1) is 6.92 Å². The number of nitrogen functional groups attached to an aromatic ring is 1. The SMILES string of the molecule is Cc1cnc(C(C)Nc2ccc(N)cc2S(N)(=O)=O)o1. The van der Waals surface area contributed by atoms with Crippen molar-refractivity contribution in [3.05, 3.63) is 36.0 Å². The van der Waals surface area contributed by atoms with Crippen molar-refractivity contribution in [1.82, 2.24) is 4.98 Å². The van der Waals surface area contributed by atoms with E-state index in [-0.39, 0.29) is 10.9 Å². The first-order valence-corrected chi connectivity index (χ1v) is 7.43. The summed E-state index contributed by atoms with van der Waals surface area (Å²) in [6, 6.07) is 4.14. The van der Waals surface area contributed by atoms with E-state index in [1.54, 1.807) is 32.2 Å². The van der Waals surface area contributed by atoms with Crippen LogP contribution in [0.2, 0.25) is 0 Å². The van der Waals surface area contributed by atoms with Gasteiger partial charge in [0.05, 0.1) is 11.9 Å². The first-order chi connectivity index (χ1) is 9.27. The van der Waals surface area contributed by atoms with E-state index >= 15 is 0 Å². The summed E-state index contributed by atoms with van der Waals surface area (Å²) in [7, 11) is -3.87. The number of benzene rings is 1. The van der Waals surface area contributed by atoms with Gasteiger partial charge in [-0.15, -0.1) is 0 Å². The Morgan fingerprint density at radius 3 is 2.65 bits per heavy atom. The molecule has 0 aliphatic heterocycles. The minimum Gasteiger partial charge on any atom is -0.444 e. The quantitative estimate of drug-likeness (QED) is 0.732. The van der Waals surface area contributed by atoms with Crippen LogP contribution in [0.5, 0.6) is 0 Å². The number of aromatic nitrogens is 1. The third kappa shape index (κ3) is 3.09. The third-order valence-corrected chi connectivity index (χ3v) is 3.64. The molecule has 7 nitrogen and oxygen atoms in total. The molecule has 8 heteroatoms. The molecule has 20 heavy (non-hydrogen) atoms. The molecule has 2 aromatic rings. The van der Waals surface area contributed by atoms with E-state index in [0.717, 1.165) is 0 Å². The van der Waals surface area contributed by atoms with Crippen molar-refractivity contribution in [2.24, 2.45) is 5.14 Å². The molecule has 1 aromatic carbocycles. The van der Waals surface area contributed by atoms with Crippen molar-refractivity contribution >= 4 is 21.4 Å². The van der Waals surface area contributed by atoms with E-state index in [2.05, 4.69) is 10.3 Å². The van der Waals surface area contributed by atoms with Gasteiger partial charge in [-0.1, -0.05) is 0 Å².